The van der Waals surface area contributed by atoms with Crippen LogP contribution in [0.3, 0.4) is 0 Å². The maximum absolute atomic E-state index is 13.3. The molecule has 0 saturated heterocycles. The van der Waals surface area contributed by atoms with Gasteiger partial charge in [0.2, 0.25) is 5.88 Å². The summed E-state index contributed by atoms with van der Waals surface area (Å²) in [5, 5.41) is 4.16. The van der Waals surface area contributed by atoms with E-state index in [1.54, 1.807) is 33.8 Å². The summed E-state index contributed by atoms with van der Waals surface area (Å²) in [5.74, 6) is -0.727. The first-order chi connectivity index (χ1) is 13.5. The molecule has 2 rings (SSSR count). The van der Waals surface area contributed by atoms with Gasteiger partial charge in [-0.2, -0.15) is 5.10 Å². The largest absolute Gasteiger partial charge is 0.465 e. The molecule has 0 aliphatic rings. The first kappa shape index (κ1) is 22.6. The van der Waals surface area contributed by atoms with Crippen molar-refractivity contribution >= 4 is 21.6 Å². The first-order valence-electron chi connectivity index (χ1n) is 9.22. The number of ether oxygens (including phenoxy) is 2. The Morgan fingerprint density at radius 1 is 1.10 bits per heavy atom. The van der Waals surface area contributed by atoms with Gasteiger partial charge in [0.1, 0.15) is 5.56 Å². The second kappa shape index (κ2) is 8.77. The quantitative estimate of drug-likeness (QED) is 0.475. The van der Waals surface area contributed by atoms with Crippen LogP contribution < -0.4 is 4.74 Å². The van der Waals surface area contributed by atoms with Crippen LogP contribution in [0.4, 0.5) is 0 Å². The summed E-state index contributed by atoms with van der Waals surface area (Å²) in [6, 6.07) is 1.57. The number of sulfone groups is 1. The maximum Gasteiger partial charge on any atom is 0.344 e. The first-order valence-corrected chi connectivity index (χ1v) is 11.1. The minimum atomic E-state index is -3.43. The number of hydrogen-bond acceptors (Lipinski definition) is 7. The van der Waals surface area contributed by atoms with E-state index >= 15 is 0 Å². The van der Waals surface area contributed by atoms with Crippen LogP contribution in [0.25, 0.3) is 0 Å². The van der Waals surface area contributed by atoms with Crippen LogP contribution >= 0.6 is 0 Å². The molecule has 1 heterocycles. The zero-order valence-electron chi connectivity index (χ0n) is 17.5. The van der Waals surface area contributed by atoms with Gasteiger partial charge >= 0.3 is 5.97 Å². The van der Waals surface area contributed by atoms with Crippen LogP contribution in [0.1, 0.15) is 46.5 Å². The molecule has 8 nitrogen and oxygen atoms in total. The van der Waals surface area contributed by atoms with Crippen LogP contribution in [0.15, 0.2) is 17.2 Å². The third-order valence-electron chi connectivity index (χ3n) is 4.61. The number of hydrogen-bond donors (Lipinski definition) is 0. The molecule has 1 aromatic heterocycles. The fraction of sp³-hybridized carbons (Fsp3) is 0.450. The minimum absolute atomic E-state index is 0.174. The molecule has 9 heteroatoms. The van der Waals surface area contributed by atoms with E-state index in [-0.39, 0.29) is 35.3 Å². The van der Waals surface area contributed by atoms with E-state index in [0.717, 1.165) is 6.26 Å². The molecule has 1 aromatic carbocycles. The van der Waals surface area contributed by atoms with Crippen molar-refractivity contribution in [2.45, 2.75) is 46.1 Å². The van der Waals surface area contributed by atoms with E-state index in [1.807, 2.05) is 6.92 Å². The lowest BCUT2D eigenvalue weighted by atomic mass is 9.95. The lowest BCUT2D eigenvalue weighted by Crippen LogP contribution is -2.18. The summed E-state index contributed by atoms with van der Waals surface area (Å²) < 4.78 is 36.1. The zero-order valence-corrected chi connectivity index (χ0v) is 18.3. The van der Waals surface area contributed by atoms with E-state index < -0.39 is 15.8 Å². The highest BCUT2D eigenvalue weighted by molar-refractivity contribution is 7.90. The van der Waals surface area contributed by atoms with Gasteiger partial charge in [-0.05, 0) is 57.4 Å². The molecule has 158 valence electrons. The van der Waals surface area contributed by atoms with Gasteiger partial charge in [0, 0.05) is 18.4 Å². The summed E-state index contributed by atoms with van der Waals surface area (Å²) in [4.78, 5) is 25.1. The Morgan fingerprint density at radius 3 is 2.31 bits per heavy atom. The molecule has 0 aliphatic carbocycles. The molecule has 0 unspecified atom stereocenters. The van der Waals surface area contributed by atoms with Gasteiger partial charge in [0.15, 0.2) is 22.2 Å². The van der Waals surface area contributed by atoms with Crippen molar-refractivity contribution < 1.29 is 27.5 Å². The molecular weight excluding hydrogens is 396 g/mol. The van der Waals surface area contributed by atoms with Gasteiger partial charge in [-0.15, -0.1) is 0 Å². The number of rotatable bonds is 8. The highest BCUT2D eigenvalue weighted by Gasteiger charge is 2.26. The number of benzene rings is 1. The molecule has 0 aliphatic heterocycles. The third-order valence-corrected chi connectivity index (χ3v) is 5.98. The lowest BCUT2D eigenvalue weighted by molar-refractivity contribution is -0.145. The van der Waals surface area contributed by atoms with Crippen LogP contribution in [0, 0.1) is 20.8 Å². The highest BCUT2D eigenvalue weighted by atomic mass is 32.2. The fourth-order valence-corrected chi connectivity index (χ4v) is 4.60. The normalized spacial score (nSPS) is 11.4. The molecule has 0 amide bonds. The van der Waals surface area contributed by atoms with Crippen LogP contribution in [0.2, 0.25) is 0 Å². The predicted octanol–water partition coefficient (Wildman–Crippen LogP) is 2.40. The van der Waals surface area contributed by atoms with Crippen LogP contribution in [-0.4, -0.2) is 49.4 Å². The van der Waals surface area contributed by atoms with Crippen LogP contribution in [0.5, 0.6) is 5.88 Å². The van der Waals surface area contributed by atoms with E-state index in [2.05, 4.69) is 5.10 Å². The van der Waals surface area contributed by atoms with Crippen molar-refractivity contribution in [1.82, 2.24) is 9.78 Å². The Kier molecular flexibility index (Phi) is 6.84. The number of ketones is 1. The number of nitrogens with zero attached hydrogens (tertiary/aromatic N) is 2. The zero-order chi connectivity index (χ0) is 21.9. The fourth-order valence-electron chi connectivity index (χ4n) is 3.25. The van der Waals surface area contributed by atoms with Gasteiger partial charge < -0.3 is 9.47 Å². The topological polar surface area (TPSA) is 105 Å². The van der Waals surface area contributed by atoms with Gasteiger partial charge in [-0.25, -0.2) is 17.9 Å². The molecule has 0 N–H and O–H groups in total. The Morgan fingerprint density at radius 2 is 1.76 bits per heavy atom. The number of carbonyl (C=O) groups is 2. The second-order valence-corrected chi connectivity index (χ2v) is 8.65. The smallest absolute Gasteiger partial charge is 0.344 e. The summed E-state index contributed by atoms with van der Waals surface area (Å²) in [6.07, 6.45) is 2.54. The van der Waals surface area contributed by atoms with Crippen molar-refractivity contribution in [3.05, 3.63) is 40.1 Å². The summed E-state index contributed by atoms with van der Waals surface area (Å²) in [5.41, 5.74) is 2.17. The summed E-state index contributed by atoms with van der Waals surface area (Å²) in [7, 11) is -3.43. The van der Waals surface area contributed by atoms with Crippen molar-refractivity contribution in [2.24, 2.45) is 0 Å². The average Bonchev–Trinajstić information content (AvgIpc) is 3.04. The Bertz CT molecular complexity index is 1050. The minimum Gasteiger partial charge on any atom is -0.465 e. The van der Waals surface area contributed by atoms with E-state index in [0.29, 0.717) is 28.8 Å². The summed E-state index contributed by atoms with van der Waals surface area (Å²) >= 11 is 0. The van der Waals surface area contributed by atoms with Crippen molar-refractivity contribution in [3.63, 3.8) is 0 Å². The van der Waals surface area contributed by atoms with Crippen molar-refractivity contribution in [1.29, 1.82) is 0 Å². The highest BCUT2D eigenvalue weighted by Crippen LogP contribution is 2.30. The van der Waals surface area contributed by atoms with Gasteiger partial charge in [0.05, 0.1) is 17.7 Å². The summed E-state index contributed by atoms with van der Waals surface area (Å²) in [6.45, 7) is 8.90. The molecule has 0 spiro atoms. The molecular formula is C20H26N2O6S. The van der Waals surface area contributed by atoms with E-state index in [4.69, 9.17) is 9.47 Å². The van der Waals surface area contributed by atoms with E-state index in [1.165, 1.54) is 10.9 Å². The predicted molar refractivity (Wildman–Crippen MR) is 107 cm³/mol. The molecule has 0 radical (unpaired) electrons. The lowest BCUT2D eigenvalue weighted by Gasteiger charge is -2.15. The van der Waals surface area contributed by atoms with Gasteiger partial charge in [0.25, 0.3) is 0 Å². The SMILES string of the molecule is CCOC(=O)COc1c(C(=O)c2cc(C)c(S(C)(=O)=O)c(C)c2C)cnn1CC. The van der Waals surface area contributed by atoms with Crippen LogP contribution in [-0.2, 0) is 25.9 Å². The number of aryl methyl sites for hydroxylation is 2. The van der Waals surface area contributed by atoms with Crippen molar-refractivity contribution in [2.75, 3.05) is 19.5 Å². The standard InChI is InChI=1S/C20H26N2O6S/c1-7-22-20(28-11-17(23)27-8-2)16(10-21-22)18(24)15-9-12(3)19(29(6,25)26)14(5)13(15)4/h9-10H,7-8,11H2,1-6H3. The molecule has 0 fully saturated rings. The molecule has 29 heavy (non-hydrogen) atoms. The maximum atomic E-state index is 13.3. The second-order valence-electron chi connectivity index (χ2n) is 6.69. The van der Waals surface area contributed by atoms with E-state index in [9.17, 15) is 18.0 Å². The molecule has 0 bridgehead atoms. The van der Waals surface area contributed by atoms with Gasteiger partial charge in [-0.3, -0.25) is 4.79 Å². The van der Waals surface area contributed by atoms with Gasteiger partial charge in [-0.1, -0.05) is 0 Å². The number of aromatic nitrogens is 2. The van der Waals surface area contributed by atoms with Crippen molar-refractivity contribution in [3.8, 4) is 5.88 Å². The third kappa shape index (κ3) is 4.67. The monoisotopic (exact) mass is 422 g/mol. The Labute approximate surface area is 170 Å². The number of carbonyl (C=O) groups excluding carboxylic acids is 2. The Hall–Kier alpha value is -2.68. The molecule has 0 atom stereocenters. The molecule has 0 saturated carbocycles. The Balaban J connectivity index is 2.51. The number of esters is 1. The average molecular weight is 423 g/mol. The molecule has 2 aromatic rings.